The van der Waals surface area contributed by atoms with Crippen LogP contribution < -0.4 is 14.8 Å². The minimum atomic E-state index is 0.172. The number of ether oxygens (including phenoxy) is 2. The van der Waals surface area contributed by atoms with Crippen molar-refractivity contribution in [3.63, 3.8) is 0 Å². The minimum Gasteiger partial charge on any atom is -0.493 e. The molecule has 1 N–H and O–H groups in total. The monoisotopic (exact) mass is 583 g/mol. The van der Waals surface area contributed by atoms with Crippen LogP contribution in [0.1, 0.15) is 71.7 Å². The van der Waals surface area contributed by atoms with Crippen molar-refractivity contribution in [2.45, 2.75) is 65.0 Å². The maximum atomic E-state index is 6.12. The van der Waals surface area contributed by atoms with Crippen molar-refractivity contribution in [2.24, 2.45) is 11.8 Å². The molecule has 3 aromatic carbocycles. The molecule has 42 heavy (non-hydrogen) atoms. The molecule has 0 aliphatic carbocycles. The molecule has 4 unspecified atom stereocenters. The molecule has 3 heterocycles. The fourth-order valence-corrected chi connectivity index (χ4v) is 8.08. The smallest absolute Gasteiger partial charge is 0.173 e. The number of nitrogens with zero attached hydrogens (tertiary/aromatic N) is 2. The lowest BCUT2D eigenvalue weighted by molar-refractivity contribution is 0.0380. The van der Waals surface area contributed by atoms with Gasteiger partial charge in [0.15, 0.2) is 16.6 Å². The van der Waals surface area contributed by atoms with E-state index in [1.165, 1.54) is 54.6 Å². The fourth-order valence-electron chi connectivity index (χ4n) is 7.75. The van der Waals surface area contributed by atoms with Gasteiger partial charge in [0.05, 0.1) is 20.3 Å². The quantitative estimate of drug-likeness (QED) is 0.301. The lowest BCUT2D eigenvalue weighted by Gasteiger charge is -2.49. The average molecular weight is 584 g/mol. The van der Waals surface area contributed by atoms with E-state index in [9.17, 15) is 0 Å². The van der Waals surface area contributed by atoms with Crippen LogP contribution in [0.15, 0.2) is 54.6 Å². The fraction of sp³-hybridized carbons (Fsp3) is 0.472. The van der Waals surface area contributed by atoms with E-state index in [0.717, 1.165) is 41.7 Å². The van der Waals surface area contributed by atoms with E-state index in [0.29, 0.717) is 17.9 Å². The largest absolute Gasteiger partial charge is 0.493 e. The summed E-state index contributed by atoms with van der Waals surface area (Å²) in [4.78, 5) is 5.22. The third-order valence-corrected chi connectivity index (χ3v) is 10.6. The number of piperidine rings is 1. The lowest BCUT2D eigenvalue weighted by atomic mass is 9.72. The first kappa shape index (κ1) is 29.0. The summed E-state index contributed by atoms with van der Waals surface area (Å²) in [5.41, 5.74) is 9.65. The van der Waals surface area contributed by atoms with Crippen molar-refractivity contribution >= 4 is 23.0 Å². The van der Waals surface area contributed by atoms with Gasteiger partial charge in [-0.15, -0.1) is 0 Å². The van der Waals surface area contributed by atoms with Crippen LogP contribution in [0.25, 0.3) is 0 Å². The number of benzene rings is 3. The molecule has 6 heteroatoms. The summed E-state index contributed by atoms with van der Waals surface area (Å²) in [6.45, 7) is 10.1. The van der Waals surface area contributed by atoms with E-state index in [-0.39, 0.29) is 6.04 Å². The third-order valence-electron chi connectivity index (χ3n) is 10.2. The van der Waals surface area contributed by atoms with E-state index in [2.05, 4.69) is 84.4 Å². The Morgan fingerprint density at radius 2 is 1.57 bits per heavy atom. The van der Waals surface area contributed by atoms with Crippen LogP contribution in [-0.4, -0.2) is 48.8 Å². The molecule has 6 rings (SSSR count). The highest BCUT2D eigenvalue weighted by atomic mass is 32.1. The molecule has 0 aromatic heterocycles. The number of fused-ring (bicyclic) bond motifs is 4. The number of rotatable bonds is 6. The molecule has 0 radical (unpaired) electrons. The second kappa shape index (κ2) is 12.3. The van der Waals surface area contributed by atoms with Gasteiger partial charge in [-0.2, -0.15) is 0 Å². The molecule has 0 spiro atoms. The molecule has 0 saturated carbocycles. The molecule has 3 aliphatic rings. The predicted molar refractivity (Wildman–Crippen MR) is 176 cm³/mol. The van der Waals surface area contributed by atoms with Gasteiger partial charge in [0.25, 0.3) is 0 Å². The number of methoxy groups -OCH3 is 2. The predicted octanol–water partition coefficient (Wildman–Crippen LogP) is 7.65. The molecule has 4 atom stereocenters. The second-order valence-electron chi connectivity index (χ2n) is 12.5. The number of aryl methyl sites for hydroxylation is 2. The summed E-state index contributed by atoms with van der Waals surface area (Å²) in [7, 11) is 3.45. The zero-order valence-corrected chi connectivity index (χ0v) is 26.6. The van der Waals surface area contributed by atoms with Crippen molar-refractivity contribution in [3.8, 4) is 11.5 Å². The number of anilines is 1. The molecule has 3 aliphatic heterocycles. The second-order valence-corrected chi connectivity index (χ2v) is 12.8. The maximum absolute atomic E-state index is 6.12. The minimum absolute atomic E-state index is 0.172. The lowest BCUT2D eigenvalue weighted by Crippen LogP contribution is -2.48. The number of hydrogen-bond acceptors (Lipinski definition) is 4. The normalized spacial score (nSPS) is 23.4. The van der Waals surface area contributed by atoms with E-state index in [4.69, 9.17) is 21.7 Å². The van der Waals surface area contributed by atoms with Gasteiger partial charge in [-0.1, -0.05) is 43.7 Å². The van der Waals surface area contributed by atoms with Crippen molar-refractivity contribution in [1.82, 2.24) is 9.80 Å². The number of nitrogens with one attached hydrogen (secondary N) is 1. The average Bonchev–Trinajstić information content (AvgIpc) is 3.01. The Morgan fingerprint density at radius 3 is 2.31 bits per heavy atom. The van der Waals surface area contributed by atoms with E-state index >= 15 is 0 Å². The summed E-state index contributed by atoms with van der Waals surface area (Å²) in [6.07, 6.45) is 5.56. The summed E-state index contributed by atoms with van der Waals surface area (Å²) < 4.78 is 11.5. The summed E-state index contributed by atoms with van der Waals surface area (Å²) >= 11 is 6.12. The molecule has 5 nitrogen and oxygen atoms in total. The number of para-hydroxylation sites is 1. The Hall–Kier alpha value is -3.09. The molecule has 1 fully saturated rings. The van der Waals surface area contributed by atoms with Crippen molar-refractivity contribution in [2.75, 3.05) is 39.2 Å². The Bertz CT molecular complexity index is 1440. The van der Waals surface area contributed by atoms with E-state index in [1.807, 2.05) is 6.07 Å². The van der Waals surface area contributed by atoms with Gasteiger partial charge in [-0.25, -0.2) is 0 Å². The number of thiocarbonyl (C=S) groups is 1. The summed E-state index contributed by atoms with van der Waals surface area (Å²) in [5.74, 6) is 2.85. The van der Waals surface area contributed by atoms with E-state index in [1.54, 1.807) is 25.3 Å². The molecule has 0 bridgehead atoms. The van der Waals surface area contributed by atoms with Gasteiger partial charge in [-0.3, -0.25) is 4.90 Å². The van der Waals surface area contributed by atoms with Gasteiger partial charge in [0.1, 0.15) is 0 Å². The highest BCUT2D eigenvalue weighted by Gasteiger charge is 2.41. The Kier molecular flexibility index (Phi) is 8.46. The van der Waals surface area contributed by atoms with Gasteiger partial charge >= 0.3 is 0 Å². The van der Waals surface area contributed by atoms with Crippen LogP contribution in [0, 0.1) is 25.7 Å². The zero-order valence-electron chi connectivity index (χ0n) is 25.8. The van der Waals surface area contributed by atoms with E-state index < -0.39 is 0 Å². The van der Waals surface area contributed by atoms with Gasteiger partial charge in [-0.05, 0) is 121 Å². The zero-order chi connectivity index (χ0) is 29.4. The number of hydrogen-bond donors (Lipinski definition) is 1. The molecule has 3 aromatic rings. The highest BCUT2D eigenvalue weighted by molar-refractivity contribution is 7.80. The topological polar surface area (TPSA) is 37.0 Å². The van der Waals surface area contributed by atoms with Crippen LogP contribution in [0.5, 0.6) is 11.5 Å². The molecule has 1 saturated heterocycles. The summed E-state index contributed by atoms with van der Waals surface area (Å²) in [6, 6.07) is 20.3. The first-order chi connectivity index (χ1) is 20.4. The van der Waals surface area contributed by atoms with Crippen LogP contribution in [0.2, 0.25) is 0 Å². The Balaban J connectivity index is 1.35. The van der Waals surface area contributed by atoms with Gasteiger partial charge < -0.3 is 19.7 Å². The Labute approximate surface area is 257 Å². The first-order valence-corrected chi connectivity index (χ1v) is 16.0. The molecule has 0 amide bonds. The van der Waals surface area contributed by atoms with Crippen molar-refractivity contribution < 1.29 is 9.47 Å². The highest BCUT2D eigenvalue weighted by Crippen LogP contribution is 2.48. The van der Waals surface area contributed by atoms with Crippen LogP contribution in [-0.2, 0) is 12.8 Å². The van der Waals surface area contributed by atoms with Crippen LogP contribution in [0.4, 0.5) is 5.69 Å². The van der Waals surface area contributed by atoms with Gasteiger partial charge in [0.2, 0.25) is 0 Å². The maximum Gasteiger partial charge on any atom is 0.173 e. The Morgan fingerprint density at radius 1 is 0.881 bits per heavy atom. The first-order valence-electron chi connectivity index (χ1n) is 15.6. The van der Waals surface area contributed by atoms with Gasteiger partial charge in [0, 0.05) is 31.4 Å². The molecule has 222 valence electrons. The van der Waals surface area contributed by atoms with Crippen LogP contribution in [0.3, 0.4) is 0 Å². The van der Waals surface area contributed by atoms with Crippen molar-refractivity contribution in [1.29, 1.82) is 0 Å². The van der Waals surface area contributed by atoms with Crippen LogP contribution >= 0.6 is 12.2 Å². The molecular formula is C36H45N3O2S. The summed E-state index contributed by atoms with van der Waals surface area (Å²) in [5, 5.41) is 4.35. The van der Waals surface area contributed by atoms with Crippen molar-refractivity contribution in [3.05, 3.63) is 88.0 Å². The molecular weight excluding hydrogens is 538 g/mol. The standard InChI is InChI=1S/C36H45N3O2S/c1-6-25-22-38-14-12-26-16-23(2)24(3)17-30(26)32(38)18-28(25)19-33-31-21-35(41-5)34(40-4)20-27(31)13-15-39(33)36(42)37-29-10-8-7-9-11-29/h7-11,16-17,20-21,25,28,32-33H,6,12-15,18-19,22H2,1-5H3,(H,37,42). The third kappa shape index (κ3) is 5.51. The SMILES string of the molecule is CCC1CN2CCc3cc(C)c(C)cc3C2CC1CC1c2cc(OC)c(OC)cc2CCN1C(=S)Nc1ccccc1.